The van der Waals surface area contributed by atoms with Crippen LogP contribution < -0.4 is 5.32 Å². The maximum absolute atomic E-state index is 9.11. The molecule has 1 rings (SSSR count). The van der Waals surface area contributed by atoms with E-state index in [0.29, 0.717) is 0 Å². The topological polar surface area (TPSA) is 41.5 Å². The fourth-order valence-electron chi connectivity index (χ4n) is 1.58. The summed E-state index contributed by atoms with van der Waals surface area (Å²) < 4.78 is 5.20. The molecule has 11 heavy (non-hydrogen) atoms. The van der Waals surface area contributed by atoms with Crippen molar-refractivity contribution in [1.82, 2.24) is 5.32 Å². The van der Waals surface area contributed by atoms with Crippen molar-refractivity contribution in [1.29, 1.82) is 0 Å². The number of aliphatic hydroxyl groups excluding tert-OH is 1. The highest BCUT2D eigenvalue weighted by Gasteiger charge is 2.36. The van der Waals surface area contributed by atoms with Crippen LogP contribution in [0.25, 0.3) is 0 Å². The Balaban J connectivity index is 2.48. The first-order valence-electron chi connectivity index (χ1n) is 4.15. The molecule has 0 unspecified atom stereocenters. The van der Waals surface area contributed by atoms with Crippen LogP contribution in [-0.4, -0.2) is 37.0 Å². The van der Waals surface area contributed by atoms with E-state index in [0.717, 1.165) is 19.4 Å². The van der Waals surface area contributed by atoms with Gasteiger partial charge in [0.2, 0.25) is 0 Å². The molecule has 3 heteroatoms. The Morgan fingerprint density at radius 3 is 2.73 bits per heavy atom. The van der Waals surface area contributed by atoms with Gasteiger partial charge in [0, 0.05) is 19.2 Å². The lowest BCUT2D eigenvalue weighted by molar-refractivity contribution is 0.100. The largest absolute Gasteiger partial charge is 0.394 e. The molecule has 1 aliphatic rings. The monoisotopic (exact) mass is 159 g/mol. The van der Waals surface area contributed by atoms with E-state index < -0.39 is 0 Å². The molecule has 0 bridgehead atoms. The van der Waals surface area contributed by atoms with E-state index in [1.54, 1.807) is 7.11 Å². The fourth-order valence-corrected chi connectivity index (χ4v) is 1.58. The molecular formula is C8H17NO2. The zero-order valence-electron chi connectivity index (χ0n) is 7.26. The lowest BCUT2D eigenvalue weighted by Crippen LogP contribution is -2.42. The molecule has 1 saturated heterocycles. The van der Waals surface area contributed by atoms with Crippen LogP contribution in [0.1, 0.15) is 19.8 Å². The van der Waals surface area contributed by atoms with Crippen LogP contribution in [0.5, 0.6) is 0 Å². The van der Waals surface area contributed by atoms with Crippen LogP contribution in [0.2, 0.25) is 0 Å². The zero-order valence-corrected chi connectivity index (χ0v) is 7.26. The Labute approximate surface area is 67.7 Å². The summed E-state index contributed by atoms with van der Waals surface area (Å²) in [6.45, 7) is 3.16. The average molecular weight is 159 g/mol. The molecule has 0 aromatic heterocycles. The van der Waals surface area contributed by atoms with Gasteiger partial charge in [-0.3, -0.25) is 0 Å². The van der Waals surface area contributed by atoms with Crippen LogP contribution in [0, 0.1) is 0 Å². The van der Waals surface area contributed by atoms with Gasteiger partial charge in [-0.15, -0.1) is 0 Å². The Hall–Kier alpha value is -0.120. The lowest BCUT2D eigenvalue weighted by atomic mass is 9.95. The molecule has 0 amide bonds. The van der Waals surface area contributed by atoms with Crippen molar-refractivity contribution >= 4 is 0 Å². The van der Waals surface area contributed by atoms with Gasteiger partial charge in [0.1, 0.15) is 0 Å². The van der Waals surface area contributed by atoms with Crippen molar-refractivity contribution in [3.05, 3.63) is 0 Å². The van der Waals surface area contributed by atoms with Crippen molar-refractivity contribution in [3.8, 4) is 0 Å². The van der Waals surface area contributed by atoms with Crippen LogP contribution >= 0.6 is 0 Å². The Morgan fingerprint density at radius 1 is 1.73 bits per heavy atom. The molecule has 0 aromatic rings. The summed E-state index contributed by atoms with van der Waals surface area (Å²) in [5, 5.41) is 12.4. The smallest absolute Gasteiger partial charge is 0.0714 e. The second kappa shape index (κ2) is 3.52. The third kappa shape index (κ3) is 1.72. The summed E-state index contributed by atoms with van der Waals surface area (Å²) >= 11 is 0. The Morgan fingerprint density at radius 2 is 2.45 bits per heavy atom. The van der Waals surface area contributed by atoms with E-state index >= 15 is 0 Å². The van der Waals surface area contributed by atoms with Gasteiger partial charge >= 0.3 is 0 Å². The van der Waals surface area contributed by atoms with E-state index in [4.69, 9.17) is 9.84 Å². The molecule has 1 aliphatic heterocycles. The third-order valence-corrected chi connectivity index (χ3v) is 2.64. The first-order chi connectivity index (χ1) is 5.26. The third-order valence-electron chi connectivity index (χ3n) is 2.64. The molecule has 0 aromatic carbocycles. The summed E-state index contributed by atoms with van der Waals surface area (Å²) in [6.07, 6.45) is 2.17. The van der Waals surface area contributed by atoms with E-state index in [9.17, 15) is 0 Å². The predicted octanol–water partition coefficient (Wildman–Crippen LogP) is 0.136. The van der Waals surface area contributed by atoms with Gasteiger partial charge in [0.25, 0.3) is 0 Å². The van der Waals surface area contributed by atoms with Crippen molar-refractivity contribution in [2.24, 2.45) is 0 Å². The van der Waals surface area contributed by atoms with Crippen molar-refractivity contribution in [2.75, 3.05) is 20.3 Å². The normalized spacial score (nSPS) is 37.9. The first-order valence-corrected chi connectivity index (χ1v) is 4.15. The highest BCUT2D eigenvalue weighted by molar-refractivity contribution is 4.95. The summed E-state index contributed by atoms with van der Waals surface area (Å²) in [7, 11) is 1.72. The second-order valence-corrected chi connectivity index (χ2v) is 3.23. The maximum atomic E-state index is 9.11. The molecule has 1 heterocycles. The van der Waals surface area contributed by atoms with Gasteiger partial charge < -0.3 is 15.2 Å². The van der Waals surface area contributed by atoms with Crippen molar-refractivity contribution in [2.45, 2.75) is 31.4 Å². The molecule has 2 N–H and O–H groups in total. The van der Waals surface area contributed by atoms with E-state index in [1.165, 1.54) is 0 Å². The van der Waals surface area contributed by atoms with Crippen molar-refractivity contribution < 1.29 is 9.84 Å². The first kappa shape index (κ1) is 8.97. The summed E-state index contributed by atoms with van der Waals surface area (Å²) in [4.78, 5) is 0. The predicted molar refractivity (Wildman–Crippen MR) is 43.5 cm³/mol. The number of ether oxygens (including phenoxy) is 1. The number of methoxy groups -OCH3 is 1. The van der Waals surface area contributed by atoms with Crippen LogP contribution in [0.4, 0.5) is 0 Å². The number of nitrogens with one attached hydrogen (secondary N) is 1. The standard InChI is InChI=1S/C8H17NO2/c1-3-8(6-10)4-7(11-2)5-9-8/h7,9-10H,3-6H2,1-2H3/t7-,8-/m1/s1. The van der Waals surface area contributed by atoms with E-state index in [1.807, 2.05) is 0 Å². The molecule has 0 aliphatic carbocycles. The van der Waals surface area contributed by atoms with Gasteiger partial charge in [0.05, 0.1) is 12.7 Å². The van der Waals surface area contributed by atoms with Gasteiger partial charge in [0.15, 0.2) is 0 Å². The van der Waals surface area contributed by atoms with E-state index in [2.05, 4.69) is 12.2 Å². The molecule has 0 spiro atoms. The molecular weight excluding hydrogens is 142 g/mol. The molecule has 66 valence electrons. The number of rotatable bonds is 3. The molecule has 0 radical (unpaired) electrons. The quantitative estimate of drug-likeness (QED) is 0.615. The minimum atomic E-state index is -0.0688. The summed E-state index contributed by atoms with van der Waals surface area (Å²) in [5.41, 5.74) is -0.0688. The average Bonchev–Trinajstić information content (AvgIpc) is 2.49. The zero-order chi connectivity index (χ0) is 8.32. The van der Waals surface area contributed by atoms with Crippen LogP contribution in [0.15, 0.2) is 0 Å². The highest BCUT2D eigenvalue weighted by atomic mass is 16.5. The maximum Gasteiger partial charge on any atom is 0.0714 e. The Kier molecular flexibility index (Phi) is 2.87. The van der Waals surface area contributed by atoms with Crippen LogP contribution in [-0.2, 0) is 4.74 Å². The summed E-state index contributed by atoms with van der Waals surface area (Å²) in [6, 6.07) is 0. The fraction of sp³-hybridized carbons (Fsp3) is 1.00. The van der Waals surface area contributed by atoms with Gasteiger partial charge in [-0.25, -0.2) is 0 Å². The molecule has 2 atom stereocenters. The number of hydrogen-bond acceptors (Lipinski definition) is 3. The summed E-state index contributed by atoms with van der Waals surface area (Å²) in [5.74, 6) is 0. The Bertz CT molecular complexity index is 123. The van der Waals surface area contributed by atoms with Crippen LogP contribution in [0.3, 0.4) is 0 Å². The van der Waals surface area contributed by atoms with Gasteiger partial charge in [-0.1, -0.05) is 6.92 Å². The molecule has 0 saturated carbocycles. The molecule has 1 fully saturated rings. The highest BCUT2D eigenvalue weighted by Crippen LogP contribution is 2.23. The lowest BCUT2D eigenvalue weighted by Gasteiger charge is -2.24. The minimum Gasteiger partial charge on any atom is -0.394 e. The molecule has 3 nitrogen and oxygen atoms in total. The SMILES string of the molecule is CC[C@]1(CO)C[C@@H](OC)CN1. The van der Waals surface area contributed by atoms with Gasteiger partial charge in [-0.05, 0) is 12.8 Å². The van der Waals surface area contributed by atoms with Gasteiger partial charge in [-0.2, -0.15) is 0 Å². The van der Waals surface area contributed by atoms with Crippen molar-refractivity contribution in [3.63, 3.8) is 0 Å². The second-order valence-electron chi connectivity index (χ2n) is 3.23. The number of hydrogen-bond donors (Lipinski definition) is 2. The van der Waals surface area contributed by atoms with E-state index in [-0.39, 0.29) is 18.2 Å². The number of aliphatic hydroxyl groups is 1. The minimum absolute atomic E-state index is 0.0688.